The van der Waals surface area contributed by atoms with Crippen molar-refractivity contribution in [3.63, 3.8) is 0 Å². The van der Waals surface area contributed by atoms with E-state index in [1.54, 1.807) is 7.11 Å². The summed E-state index contributed by atoms with van der Waals surface area (Å²) in [7, 11) is 1.67. The van der Waals surface area contributed by atoms with Crippen molar-refractivity contribution >= 4 is 5.69 Å². The summed E-state index contributed by atoms with van der Waals surface area (Å²) in [6.07, 6.45) is 0.0736. The van der Waals surface area contributed by atoms with Crippen LogP contribution in [0, 0.1) is 0 Å². The molecule has 1 atom stereocenters. The van der Waals surface area contributed by atoms with E-state index in [0.717, 1.165) is 23.6 Å². The molecule has 1 aliphatic heterocycles. The topological polar surface area (TPSA) is 42.5 Å². The van der Waals surface area contributed by atoms with Crippen LogP contribution in [0.15, 0.2) is 42.5 Å². The molecule has 21 heavy (non-hydrogen) atoms. The van der Waals surface area contributed by atoms with Crippen LogP contribution in [-0.4, -0.2) is 13.7 Å². The van der Waals surface area contributed by atoms with Crippen LogP contribution in [0.25, 0.3) is 0 Å². The molecule has 0 amide bonds. The van der Waals surface area contributed by atoms with Crippen molar-refractivity contribution < 1.29 is 9.47 Å². The number of rotatable bonds is 4. The Bertz CT molecular complexity index is 628. The number of benzene rings is 2. The van der Waals surface area contributed by atoms with Crippen LogP contribution in [0.1, 0.15) is 24.2 Å². The van der Waals surface area contributed by atoms with E-state index in [1.807, 2.05) is 25.1 Å². The Kier molecular flexibility index (Phi) is 3.97. The second-order valence-electron chi connectivity index (χ2n) is 4.96. The Balaban J connectivity index is 1.85. The SMILES string of the molecule is CCOc1ccc(C2NCc3ccccc3N2)cc1OC. The summed E-state index contributed by atoms with van der Waals surface area (Å²) in [6, 6.07) is 14.4. The average Bonchev–Trinajstić information content (AvgIpc) is 2.55. The fraction of sp³-hybridized carbons (Fsp3) is 0.294. The predicted octanol–water partition coefficient (Wildman–Crippen LogP) is 3.31. The first-order chi connectivity index (χ1) is 10.3. The molecule has 1 heterocycles. The maximum absolute atomic E-state index is 5.56. The zero-order chi connectivity index (χ0) is 14.7. The molecule has 0 saturated heterocycles. The molecule has 4 nitrogen and oxygen atoms in total. The molecule has 2 N–H and O–H groups in total. The van der Waals surface area contributed by atoms with Crippen LogP contribution in [0.2, 0.25) is 0 Å². The van der Waals surface area contributed by atoms with Crippen LogP contribution in [-0.2, 0) is 6.54 Å². The van der Waals surface area contributed by atoms with E-state index < -0.39 is 0 Å². The quantitative estimate of drug-likeness (QED) is 0.904. The number of hydrogen-bond acceptors (Lipinski definition) is 4. The number of methoxy groups -OCH3 is 1. The van der Waals surface area contributed by atoms with Gasteiger partial charge in [-0.2, -0.15) is 0 Å². The van der Waals surface area contributed by atoms with Gasteiger partial charge in [-0.15, -0.1) is 0 Å². The molecule has 0 saturated carbocycles. The molecular formula is C17H20N2O2. The smallest absolute Gasteiger partial charge is 0.161 e. The molecule has 2 aromatic carbocycles. The third-order valence-corrected chi connectivity index (χ3v) is 3.63. The third kappa shape index (κ3) is 2.81. The van der Waals surface area contributed by atoms with Gasteiger partial charge in [0, 0.05) is 12.2 Å². The van der Waals surface area contributed by atoms with Crippen LogP contribution in [0.4, 0.5) is 5.69 Å². The van der Waals surface area contributed by atoms with Crippen LogP contribution in [0.5, 0.6) is 11.5 Å². The monoisotopic (exact) mass is 284 g/mol. The van der Waals surface area contributed by atoms with Gasteiger partial charge in [-0.05, 0) is 36.2 Å². The highest BCUT2D eigenvalue weighted by molar-refractivity contribution is 5.55. The molecule has 110 valence electrons. The van der Waals surface area contributed by atoms with Gasteiger partial charge in [0.05, 0.1) is 13.7 Å². The average molecular weight is 284 g/mol. The van der Waals surface area contributed by atoms with E-state index in [2.05, 4.69) is 34.9 Å². The number of ether oxygens (including phenoxy) is 2. The normalized spacial score (nSPS) is 16.8. The Hall–Kier alpha value is -2.20. The molecule has 0 radical (unpaired) electrons. The summed E-state index contributed by atoms with van der Waals surface area (Å²) in [5.41, 5.74) is 3.59. The molecule has 1 aliphatic rings. The van der Waals surface area contributed by atoms with Gasteiger partial charge in [0.15, 0.2) is 11.5 Å². The first-order valence-corrected chi connectivity index (χ1v) is 7.20. The second kappa shape index (κ2) is 6.06. The maximum Gasteiger partial charge on any atom is 0.161 e. The molecule has 0 aromatic heterocycles. The lowest BCUT2D eigenvalue weighted by atomic mass is 10.1. The van der Waals surface area contributed by atoms with E-state index in [4.69, 9.17) is 9.47 Å². The molecule has 4 heteroatoms. The first kappa shape index (κ1) is 13.8. The fourth-order valence-electron chi connectivity index (χ4n) is 2.57. The summed E-state index contributed by atoms with van der Waals surface area (Å²) >= 11 is 0. The highest BCUT2D eigenvalue weighted by atomic mass is 16.5. The van der Waals surface area contributed by atoms with Crippen molar-refractivity contribution in [1.29, 1.82) is 0 Å². The number of hydrogen-bond donors (Lipinski definition) is 2. The zero-order valence-electron chi connectivity index (χ0n) is 12.3. The lowest BCUT2D eigenvalue weighted by molar-refractivity contribution is 0.310. The minimum atomic E-state index is 0.0736. The van der Waals surface area contributed by atoms with Crippen molar-refractivity contribution in [2.75, 3.05) is 19.0 Å². The Morgan fingerprint density at radius 1 is 1.14 bits per heavy atom. The fourth-order valence-corrected chi connectivity index (χ4v) is 2.57. The van der Waals surface area contributed by atoms with Crippen molar-refractivity contribution in [2.45, 2.75) is 19.6 Å². The lowest BCUT2D eigenvalue weighted by Crippen LogP contribution is -2.32. The third-order valence-electron chi connectivity index (χ3n) is 3.63. The second-order valence-corrected chi connectivity index (χ2v) is 4.96. The van der Waals surface area contributed by atoms with Gasteiger partial charge >= 0.3 is 0 Å². The highest BCUT2D eigenvalue weighted by Crippen LogP contribution is 2.32. The minimum absolute atomic E-state index is 0.0736. The van der Waals surface area contributed by atoms with Crippen LogP contribution in [0.3, 0.4) is 0 Å². The minimum Gasteiger partial charge on any atom is -0.493 e. The maximum atomic E-state index is 5.56. The molecule has 0 fully saturated rings. The zero-order valence-corrected chi connectivity index (χ0v) is 12.3. The summed E-state index contributed by atoms with van der Waals surface area (Å²) in [5.74, 6) is 1.54. The largest absolute Gasteiger partial charge is 0.493 e. The summed E-state index contributed by atoms with van der Waals surface area (Å²) in [5, 5.41) is 7.00. The number of para-hydroxylation sites is 1. The summed E-state index contributed by atoms with van der Waals surface area (Å²) in [4.78, 5) is 0. The van der Waals surface area contributed by atoms with Gasteiger partial charge < -0.3 is 14.8 Å². The Morgan fingerprint density at radius 2 is 2.00 bits per heavy atom. The van der Waals surface area contributed by atoms with E-state index in [-0.39, 0.29) is 6.17 Å². The highest BCUT2D eigenvalue weighted by Gasteiger charge is 2.19. The van der Waals surface area contributed by atoms with Crippen LogP contribution < -0.4 is 20.1 Å². The van der Waals surface area contributed by atoms with Gasteiger partial charge in [0.1, 0.15) is 6.17 Å². The molecule has 2 aromatic rings. The standard InChI is InChI=1S/C17H20N2O2/c1-3-21-15-9-8-12(10-16(15)20-2)17-18-11-13-6-4-5-7-14(13)19-17/h4-10,17-19H,3,11H2,1-2H3. The molecule has 1 unspecified atom stereocenters. The van der Waals surface area contributed by atoms with Gasteiger partial charge in [-0.1, -0.05) is 24.3 Å². The molecule has 0 aliphatic carbocycles. The van der Waals surface area contributed by atoms with E-state index in [9.17, 15) is 0 Å². The van der Waals surface area contributed by atoms with Crippen LogP contribution >= 0.6 is 0 Å². The molecule has 0 bridgehead atoms. The molecular weight excluding hydrogens is 264 g/mol. The van der Waals surface area contributed by atoms with E-state index in [0.29, 0.717) is 6.61 Å². The predicted molar refractivity (Wildman–Crippen MR) is 83.8 cm³/mol. The van der Waals surface area contributed by atoms with Crippen molar-refractivity contribution in [3.05, 3.63) is 53.6 Å². The first-order valence-electron chi connectivity index (χ1n) is 7.20. The summed E-state index contributed by atoms with van der Waals surface area (Å²) in [6.45, 7) is 3.45. The number of fused-ring (bicyclic) bond motifs is 1. The van der Waals surface area contributed by atoms with Crippen molar-refractivity contribution in [3.8, 4) is 11.5 Å². The van der Waals surface area contributed by atoms with Gasteiger partial charge in [0.25, 0.3) is 0 Å². The van der Waals surface area contributed by atoms with Gasteiger partial charge in [0.2, 0.25) is 0 Å². The Morgan fingerprint density at radius 3 is 2.81 bits per heavy atom. The molecule has 3 rings (SSSR count). The van der Waals surface area contributed by atoms with Gasteiger partial charge in [-0.3, -0.25) is 5.32 Å². The van der Waals surface area contributed by atoms with Gasteiger partial charge in [-0.25, -0.2) is 0 Å². The number of anilines is 1. The summed E-state index contributed by atoms with van der Waals surface area (Å²) < 4.78 is 11.0. The van der Waals surface area contributed by atoms with Crippen molar-refractivity contribution in [1.82, 2.24) is 5.32 Å². The number of nitrogens with one attached hydrogen (secondary N) is 2. The van der Waals surface area contributed by atoms with E-state index >= 15 is 0 Å². The van der Waals surface area contributed by atoms with E-state index in [1.165, 1.54) is 11.3 Å². The molecule has 0 spiro atoms. The lowest BCUT2D eigenvalue weighted by Gasteiger charge is -2.29. The van der Waals surface area contributed by atoms with Crippen molar-refractivity contribution in [2.24, 2.45) is 0 Å². The Labute approximate surface area is 125 Å².